The fraction of sp³-hybridized carbons (Fsp3) is 0.435. The first-order valence-electron chi connectivity index (χ1n) is 11.0. The van der Waals surface area contributed by atoms with E-state index in [4.69, 9.17) is 0 Å². The number of piperidine rings is 1. The average molecular weight is 476 g/mol. The van der Waals surface area contributed by atoms with Crippen LogP contribution in [0.25, 0.3) is 22.3 Å². The number of alkyl halides is 1. The number of nitrogens with zero attached hydrogens (tertiary/aromatic N) is 3. The van der Waals surface area contributed by atoms with E-state index in [0.717, 1.165) is 5.56 Å². The van der Waals surface area contributed by atoms with Crippen molar-refractivity contribution in [3.63, 3.8) is 0 Å². The van der Waals surface area contributed by atoms with Crippen LogP contribution in [0.3, 0.4) is 0 Å². The molecule has 3 heterocycles. The minimum absolute atomic E-state index is 0.0298. The summed E-state index contributed by atoms with van der Waals surface area (Å²) in [6.45, 7) is 4.66. The van der Waals surface area contributed by atoms with Crippen molar-refractivity contribution in [2.75, 3.05) is 24.2 Å². The van der Waals surface area contributed by atoms with E-state index in [-0.39, 0.29) is 23.1 Å². The molecule has 1 aliphatic heterocycles. The van der Waals surface area contributed by atoms with Crippen molar-refractivity contribution in [1.82, 2.24) is 20.3 Å². The first-order chi connectivity index (χ1) is 15.7. The van der Waals surface area contributed by atoms with Gasteiger partial charge in [-0.1, -0.05) is 19.1 Å². The normalized spacial score (nSPS) is 19.0. The molecular weight excluding hydrogens is 448 g/mol. The second-order valence-corrected chi connectivity index (χ2v) is 10.7. The van der Waals surface area contributed by atoms with Crippen molar-refractivity contribution in [1.29, 1.82) is 0 Å². The molecule has 0 bridgehead atoms. The molecule has 1 aliphatic rings. The quantitative estimate of drug-likeness (QED) is 0.539. The lowest BCUT2D eigenvalue weighted by molar-refractivity contribution is 0.254. The zero-order valence-electron chi connectivity index (χ0n) is 18.6. The maximum Gasteiger partial charge on any atom is 0.223 e. The number of hydrogen-bond donors (Lipinski definition) is 2. The summed E-state index contributed by atoms with van der Waals surface area (Å²) >= 11 is 0. The van der Waals surface area contributed by atoms with Crippen LogP contribution >= 0.6 is 0 Å². The first kappa shape index (κ1) is 23.4. The van der Waals surface area contributed by atoms with Gasteiger partial charge in [0, 0.05) is 36.7 Å². The molecule has 4 rings (SSSR count). The van der Waals surface area contributed by atoms with Gasteiger partial charge in [-0.2, -0.15) is 0 Å². The molecule has 0 saturated carbocycles. The Morgan fingerprint density at radius 2 is 2.03 bits per heavy atom. The number of anilines is 1. The highest BCUT2D eigenvalue weighted by Crippen LogP contribution is 2.26. The van der Waals surface area contributed by atoms with Gasteiger partial charge in [0.05, 0.1) is 28.9 Å². The molecule has 2 aromatic heterocycles. The summed E-state index contributed by atoms with van der Waals surface area (Å²) in [5.41, 5.74) is 3.27. The van der Waals surface area contributed by atoms with E-state index < -0.39 is 21.8 Å². The SMILES string of the molecule is CCCS(=O)(=O)Cc1ccc(-c2cc(C)c3nc(N[C@@H]4CNC[C@@H](F)C4)ncc3n2)cc1F. The fourth-order valence-electron chi connectivity index (χ4n) is 4.03. The maximum atomic E-state index is 14.7. The average Bonchev–Trinajstić information content (AvgIpc) is 2.75. The Labute approximate surface area is 192 Å². The molecule has 3 aromatic rings. The molecule has 0 amide bonds. The van der Waals surface area contributed by atoms with Crippen LogP contribution in [0.4, 0.5) is 14.7 Å². The Kier molecular flexibility index (Phi) is 6.85. The summed E-state index contributed by atoms with van der Waals surface area (Å²) in [5.74, 6) is -0.456. The number of hydrogen-bond acceptors (Lipinski definition) is 7. The number of pyridine rings is 1. The summed E-state index contributed by atoms with van der Waals surface area (Å²) in [6.07, 6.45) is 1.58. The lowest BCUT2D eigenvalue weighted by Crippen LogP contribution is -2.44. The molecule has 1 aromatic carbocycles. The van der Waals surface area contributed by atoms with Gasteiger partial charge in [-0.3, -0.25) is 0 Å². The largest absolute Gasteiger partial charge is 0.350 e. The van der Waals surface area contributed by atoms with Gasteiger partial charge in [0.15, 0.2) is 9.84 Å². The van der Waals surface area contributed by atoms with Crippen molar-refractivity contribution in [3.8, 4) is 11.3 Å². The number of sulfone groups is 1. The molecule has 0 spiro atoms. The maximum absolute atomic E-state index is 14.7. The number of halogens is 2. The molecule has 0 radical (unpaired) electrons. The smallest absolute Gasteiger partial charge is 0.223 e. The first-order valence-corrected chi connectivity index (χ1v) is 12.8. The predicted molar refractivity (Wildman–Crippen MR) is 125 cm³/mol. The van der Waals surface area contributed by atoms with Gasteiger partial charge in [0.25, 0.3) is 0 Å². The molecule has 1 saturated heterocycles. The molecule has 2 N–H and O–H groups in total. The summed E-state index contributed by atoms with van der Waals surface area (Å²) < 4.78 is 52.4. The third-order valence-corrected chi connectivity index (χ3v) is 7.39. The van der Waals surface area contributed by atoms with Crippen LogP contribution in [0.2, 0.25) is 0 Å². The minimum atomic E-state index is -3.34. The molecule has 7 nitrogen and oxygen atoms in total. The summed E-state index contributed by atoms with van der Waals surface area (Å²) in [7, 11) is -3.34. The standard InChI is InChI=1S/C23H27F2N5O2S/c1-3-6-33(31,32)13-16-5-4-15(8-19(16)25)20-7-14(2)22-21(29-20)12-27-23(30-22)28-18-9-17(24)10-26-11-18/h4-5,7-8,12,17-18,26H,3,6,9-11,13H2,1-2H3,(H,27,28,30)/t17-,18-/m0/s1. The summed E-state index contributed by atoms with van der Waals surface area (Å²) in [5, 5.41) is 6.20. The highest BCUT2D eigenvalue weighted by molar-refractivity contribution is 7.90. The fourth-order valence-corrected chi connectivity index (χ4v) is 5.50. The van der Waals surface area contributed by atoms with Gasteiger partial charge in [0.1, 0.15) is 17.5 Å². The molecular formula is C23H27F2N5O2S. The van der Waals surface area contributed by atoms with Crippen molar-refractivity contribution >= 4 is 26.8 Å². The van der Waals surface area contributed by atoms with E-state index in [0.29, 0.717) is 54.2 Å². The van der Waals surface area contributed by atoms with Gasteiger partial charge in [-0.05, 0) is 31.0 Å². The zero-order chi connectivity index (χ0) is 23.6. The highest BCUT2D eigenvalue weighted by atomic mass is 32.2. The monoisotopic (exact) mass is 475 g/mol. The van der Waals surface area contributed by atoms with E-state index in [1.54, 1.807) is 25.3 Å². The third-order valence-electron chi connectivity index (χ3n) is 5.61. The molecule has 0 unspecified atom stereocenters. The van der Waals surface area contributed by atoms with Crippen LogP contribution in [0, 0.1) is 12.7 Å². The third kappa shape index (κ3) is 5.62. The van der Waals surface area contributed by atoms with E-state index >= 15 is 0 Å². The van der Waals surface area contributed by atoms with Gasteiger partial charge in [-0.15, -0.1) is 0 Å². The molecule has 1 fully saturated rings. The predicted octanol–water partition coefficient (Wildman–Crippen LogP) is 3.58. The van der Waals surface area contributed by atoms with Crippen LogP contribution in [0.15, 0.2) is 30.5 Å². The number of nitrogens with one attached hydrogen (secondary N) is 2. The molecule has 33 heavy (non-hydrogen) atoms. The topological polar surface area (TPSA) is 96.9 Å². The van der Waals surface area contributed by atoms with E-state index in [1.165, 1.54) is 12.1 Å². The number of fused-ring (bicyclic) bond motifs is 1. The van der Waals surface area contributed by atoms with E-state index in [9.17, 15) is 17.2 Å². The van der Waals surface area contributed by atoms with Crippen molar-refractivity contribution in [3.05, 3.63) is 47.4 Å². The van der Waals surface area contributed by atoms with E-state index in [1.807, 2.05) is 6.92 Å². The Hall–Kier alpha value is -2.72. The van der Waals surface area contributed by atoms with Crippen LogP contribution < -0.4 is 10.6 Å². The summed E-state index contributed by atoms with van der Waals surface area (Å²) in [6, 6.07) is 6.19. The molecule has 0 aliphatic carbocycles. The van der Waals surface area contributed by atoms with Crippen molar-refractivity contribution in [2.24, 2.45) is 0 Å². The highest BCUT2D eigenvalue weighted by Gasteiger charge is 2.22. The Morgan fingerprint density at radius 1 is 1.21 bits per heavy atom. The van der Waals surface area contributed by atoms with Gasteiger partial charge in [0.2, 0.25) is 5.95 Å². The van der Waals surface area contributed by atoms with Crippen LogP contribution in [-0.2, 0) is 15.6 Å². The lowest BCUT2D eigenvalue weighted by Gasteiger charge is -2.26. The van der Waals surface area contributed by atoms with Crippen LogP contribution in [-0.4, -0.2) is 54.4 Å². The number of rotatable bonds is 7. The van der Waals surface area contributed by atoms with Gasteiger partial charge >= 0.3 is 0 Å². The van der Waals surface area contributed by atoms with E-state index in [2.05, 4.69) is 25.6 Å². The number of aryl methyl sites for hydroxylation is 1. The second kappa shape index (κ2) is 9.64. The molecule has 2 atom stereocenters. The Bertz CT molecular complexity index is 1270. The van der Waals surface area contributed by atoms with Gasteiger partial charge in [-0.25, -0.2) is 32.2 Å². The summed E-state index contributed by atoms with van der Waals surface area (Å²) in [4.78, 5) is 13.4. The molecule has 10 heteroatoms. The Morgan fingerprint density at radius 3 is 2.76 bits per heavy atom. The second-order valence-electron chi connectivity index (χ2n) is 8.48. The number of aromatic nitrogens is 3. The Balaban J connectivity index is 1.58. The molecule has 176 valence electrons. The van der Waals surface area contributed by atoms with Crippen molar-refractivity contribution in [2.45, 2.75) is 44.7 Å². The van der Waals surface area contributed by atoms with Crippen LogP contribution in [0.1, 0.15) is 30.9 Å². The lowest BCUT2D eigenvalue weighted by atomic mass is 10.1. The zero-order valence-corrected chi connectivity index (χ0v) is 19.4. The number of benzene rings is 1. The van der Waals surface area contributed by atoms with Crippen molar-refractivity contribution < 1.29 is 17.2 Å². The minimum Gasteiger partial charge on any atom is -0.350 e. The van der Waals surface area contributed by atoms with Gasteiger partial charge < -0.3 is 10.6 Å². The van der Waals surface area contributed by atoms with Crippen LogP contribution in [0.5, 0.6) is 0 Å².